The van der Waals surface area contributed by atoms with Crippen molar-refractivity contribution in [3.8, 4) is 11.4 Å². The number of aromatic nitrogens is 3. The largest absolute Gasteiger partial charge is 0.326 e. The number of aromatic amines is 1. The highest BCUT2D eigenvalue weighted by atomic mass is 35.5. The first-order chi connectivity index (χ1) is 9.60. The van der Waals surface area contributed by atoms with Gasteiger partial charge in [0.05, 0.1) is 0 Å². The Morgan fingerprint density at radius 1 is 1.43 bits per heavy atom. The van der Waals surface area contributed by atoms with Crippen LogP contribution in [0.4, 0.5) is 5.69 Å². The van der Waals surface area contributed by atoms with Crippen LogP contribution in [0.2, 0.25) is 0 Å². The third-order valence-electron chi connectivity index (χ3n) is 2.94. The maximum atomic E-state index is 12.0. The van der Waals surface area contributed by atoms with Crippen molar-refractivity contribution in [2.75, 3.05) is 18.9 Å². The Morgan fingerprint density at radius 2 is 2.19 bits per heavy atom. The minimum atomic E-state index is -0.0885. The van der Waals surface area contributed by atoms with E-state index in [1.165, 1.54) is 0 Å². The minimum absolute atomic E-state index is 0. The molecule has 1 atom stereocenters. The Hall–Kier alpha value is -1.92. The molecule has 0 saturated carbocycles. The van der Waals surface area contributed by atoms with Crippen LogP contribution in [0.25, 0.3) is 11.4 Å². The lowest BCUT2D eigenvalue weighted by Gasteiger charge is -2.11. The van der Waals surface area contributed by atoms with Crippen LogP contribution in [-0.2, 0) is 4.79 Å². The fraction of sp³-hybridized carbons (Fsp3) is 0.357. The lowest BCUT2D eigenvalue weighted by molar-refractivity contribution is -0.119. The summed E-state index contributed by atoms with van der Waals surface area (Å²) in [5, 5.41) is 12.8. The summed E-state index contributed by atoms with van der Waals surface area (Å²) in [6.07, 6.45) is 0. The van der Waals surface area contributed by atoms with E-state index in [-0.39, 0.29) is 24.2 Å². The molecule has 1 heterocycles. The van der Waals surface area contributed by atoms with Crippen LogP contribution in [0.1, 0.15) is 12.7 Å². The van der Waals surface area contributed by atoms with Gasteiger partial charge in [-0.3, -0.25) is 9.89 Å². The molecule has 7 heteroatoms. The van der Waals surface area contributed by atoms with Crippen molar-refractivity contribution in [3.63, 3.8) is 0 Å². The average molecular weight is 310 g/mol. The van der Waals surface area contributed by atoms with Crippen molar-refractivity contribution in [2.45, 2.75) is 13.8 Å². The van der Waals surface area contributed by atoms with Gasteiger partial charge in [-0.2, -0.15) is 5.10 Å². The van der Waals surface area contributed by atoms with Gasteiger partial charge in [0.2, 0.25) is 5.91 Å². The lowest BCUT2D eigenvalue weighted by Crippen LogP contribution is -2.28. The van der Waals surface area contributed by atoms with Crippen molar-refractivity contribution in [1.29, 1.82) is 0 Å². The molecule has 2 rings (SSSR count). The Morgan fingerprint density at radius 3 is 2.81 bits per heavy atom. The molecule has 0 saturated heterocycles. The van der Waals surface area contributed by atoms with E-state index in [0.717, 1.165) is 17.1 Å². The maximum absolute atomic E-state index is 12.0. The molecule has 21 heavy (non-hydrogen) atoms. The summed E-state index contributed by atoms with van der Waals surface area (Å²) in [4.78, 5) is 16.2. The highest BCUT2D eigenvalue weighted by molar-refractivity contribution is 5.93. The molecule has 1 aromatic carbocycles. The molecule has 1 unspecified atom stereocenters. The molecular formula is C14H20ClN5O. The maximum Gasteiger partial charge on any atom is 0.228 e. The first-order valence-electron chi connectivity index (χ1n) is 6.55. The Labute approximate surface area is 130 Å². The van der Waals surface area contributed by atoms with E-state index in [0.29, 0.717) is 12.4 Å². The number of nitrogens with one attached hydrogen (secondary N) is 3. The van der Waals surface area contributed by atoms with Gasteiger partial charge < -0.3 is 10.6 Å². The molecule has 1 aromatic heterocycles. The van der Waals surface area contributed by atoms with E-state index in [1.54, 1.807) is 0 Å². The summed E-state index contributed by atoms with van der Waals surface area (Å²) in [6.45, 7) is 4.38. The van der Waals surface area contributed by atoms with Crippen LogP contribution in [0.3, 0.4) is 0 Å². The number of hydrogen-bond donors (Lipinski definition) is 3. The number of nitrogens with zero attached hydrogens (tertiary/aromatic N) is 2. The van der Waals surface area contributed by atoms with Gasteiger partial charge in [-0.05, 0) is 26.1 Å². The van der Waals surface area contributed by atoms with Crippen molar-refractivity contribution in [2.24, 2.45) is 5.92 Å². The van der Waals surface area contributed by atoms with Crippen LogP contribution in [0.15, 0.2) is 24.3 Å². The first-order valence-corrected chi connectivity index (χ1v) is 6.55. The van der Waals surface area contributed by atoms with Crippen LogP contribution >= 0.6 is 12.4 Å². The molecule has 0 aliphatic carbocycles. The summed E-state index contributed by atoms with van der Waals surface area (Å²) in [5.74, 6) is 1.29. The second-order valence-electron chi connectivity index (χ2n) is 4.77. The Balaban J connectivity index is 0.00000220. The number of carbonyl (C=O) groups is 1. The molecule has 0 aliphatic rings. The zero-order valence-corrected chi connectivity index (χ0v) is 13.1. The number of halogens is 1. The third kappa shape index (κ3) is 4.54. The van der Waals surface area contributed by atoms with Gasteiger partial charge in [-0.25, -0.2) is 4.98 Å². The highest BCUT2D eigenvalue weighted by Crippen LogP contribution is 2.19. The summed E-state index contributed by atoms with van der Waals surface area (Å²) in [7, 11) is 1.83. The number of rotatable bonds is 5. The van der Waals surface area contributed by atoms with Crippen molar-refractivity contribution in [1.82, 2.24) is 20.5 Å². The SMILES string of the molecule is CNCC(C)C(=O)Nc1cccc(-c2n[nH]c(C)n2)c1.Cl. The van der Waals surface area contributed by atoms with E-state index in [4.69, 9.17) is 0 Å². The van der Waals surface area contributed by atoms with Crippen LogP contribution in [0, 0.1) is 12.8 Å². The standard InChI is InChI=1S/C14H19N5O.ClH/c1-9(8-15-3)14(20)17-12-6-4-5-11(7-12)13-16-10(2)18-19-13;/h4-7,9,15H,8H2,1-3H3,(H,17,20)(H,16,18,19);1H. The van der Waals surface area contributed by atoms with Gasteiger partial charge in [0.15, 0.2) is 5.82 Å². The number of benzene rings is 1. The Bertz CT molecular complexity index is 599. The number of hydrogen-bond acceptors (Lipinski definition) is 4. The normalized spacial score (nSPS) is 11.6. The van der Waals surface area contributed by atoms with E-state index >= 15 is 0 Å². The van der Waals surface area contributed by atoms with E-state index < -0.39 is 0 Å². The van der Waals surface area contributed by atoms with Crippen molar-refractivity contribution < 1.29 is 4.79 Å². The van der Waals surface area contributed by atoms with E-state index in [9.17, 15) is 4.79 Å². The Kier molecular flexibility index (Phi) is 6.33. The van der Waals surface area contributed by atoms with Crippen LogP contribution in [-0.4, -0.2) is 34.7 Å². The minimum Gasteiger partial charge on any atom is -0.326 e. The summed E-state index contributed by atoms with van der Waals surface area (Å²) < 4.78 is 0. The second kappa shape index (κ2) is 7.75. The fourth-order valence-electron chi connectivity index (χ4n) is 1.87. The molecule has 2 aromatic rings. The molecule has 3 N–H and O–H groups in total. The highest BCUT2D eigenvalue weighted by Gasteiger charge is 2.12. The molecule has 114 valence electrons. The lowest BCUT2D eigenvalue weighted by atomic mass is 10.1. The molecule has 0 spiro atoms. The monoisotopic (exact) mass is 309 g/mol. The van der Waals surface area contributed by atoms with Gasteiger partial charge in [-0.15, -0.1) is 12.4 Å². The predicted octanol–water partition coefficient (Wildman–Crippen LogP) is 2.00. The smallest absolute Gasteiger partial charge is 0.228 e. The number of aryl methyl sites for hydroxylation is 1. The summed E-state index contributed by atoms with van der Waals surface area (Å²) in [6, 6.07) is 7.51. The van der Waals surface area contributed by atoms with Crippen molar-refractivity contribution >= 4 is 24.0 Å². The average Bonchev–Trinajstić information content (AvgIpc) is 2.86. The summed E-state index contributed by atoms with van der Waals surface area (Å²) >= 11 is 0. The molecule has 0 bridgehead atoms. The molecule has 0 fully saturated rings. The third-order valence-corrected chi connectivity index (χ3v) is 2.94. The zero-order valence-electron chi connectivity index (χ0n) is 12.3. The van der Waals surface area contributed by atoms with Crippen LogP contribution < -0.4 is 10.6 Å². The molecule has 6 nitrogen and oxygen atoms in total. The number of H-pyrrole nitrogens is 1. The second-order valence-corrected chi connectivity index (χ2v) is 4.77. The van der Waals surface area contributed by atoms with Crippen LogP contribution in [0.5, 0.6) is 0 Å². The molecule has 0 radical (unpaired) electrons. The van der Waals surface area contributed by atoms with Gasteiger partial charge in [0, 0.05) is 23.7 Å². The van der Waals surface area contributed by atoms with Gasteiger partial charge >= 0.3 is 0 Å². The topological polar surface area (TPSA) is 82.7 Å². The quantitative estimate of drug-likeness (QED) is 0.789. The van der Waals surface area contributed by atoms with Gasteiger partial charge in [-0.1, -0.05) is 19.1 Å². The zero-order chi connectivity index (χ0) is 14.5. The van der Waals surface area contributed by atoms with E-state index in [1.807, 2.05) is 45.2 Å². The number of amides is 1. The molecule has 0 aliphatic heterocycles. The van der Waals surface area contributed by atoms with E-state index in [2.05, 4.69) is 25.8 Å². The first kappa shape index (κ1) is 17.1. The van der Waals surface area contributed by atoms with Gasteiger partial charge in [0.1, 0.15) is 5.82 Å². The van der Waals surface area contributed by atoms with Crippen molar-refractivity contribution in [3.05, 3.63) is 30.1 Å². The molecular weight excluding hydrogens is 290 g/mol. The number of carbonyl (C=O) groups excluding carboxylic acids is 1. The predicted molar refractivity (Wildman–Crippen MR) is 85.5 cm³/mol. The fourth-order valence-corrected chi connectivity index (χ4v) is 1.87. The number of anilines is 1. The summed E-state index contributed by atoms with van der Waals surface area (Å²) in [5.41, 5.74) is 1.62. The molecule has 1 amide bonds. The van der Waals surface area contributed by atoms with Gasteiger partial charge in [0.25, 0.3) is 0 Å².